The molecule has 0 saturated carbocycles. The first-order valence-corrected chi connectivity index (χ1v) is 5.53. The van der Waals surface area contributed by atoms with Gasteiger partial charge in [-0.3, -0.25) is 4.18 Å². The second kappa shape index (κ2) is 4.34. The van der Waals surface area contributed by atoms with Crippen molar-refractivity contribution in [2.45, 2.75) is 6.61 Å². The Morgan fingerprint density at radius 3 is 2.79 bits per heavy atom. The highest BCUT2D eigenvalue weighted by molar-refractivity contribution is 7.85. The molecule has 0 radical (unpaired) electrons. The van der Waals surface area contributed by atoms with Gasteiger partial charge < -0.3 is 4.74 Å². The fourth-order valence-corrected chi connectivity index (χ4v) is 1.14. The van der Waals surface area contributed by atoms with Gasteiger partial charge in [-0.25, -0.2) is 0 Å². The third kappa shape index (κ3) is 3.27. The van der Waals surface area contributed by atoms with Crippen LogP contribution in [0.25, 0.3) is 0 Å². The van der Waals surface area contributed by atoms with Gasteiger partial charge in [-0.05, 0) is 6.07 Å². The summed E-state index contributed by atoms with van der Waals surface area (Å²) in [7, 11) is -2.03. The highest BCUT2D eigenvalue weighted by Gasteiger charge is 2.08. The number of methoxy groups -OCH3 is 1. The van der Waals surface area contributed by atoms with E-state index >= 15 is 0 Å². The Labute approximate surface area is 82.0 Å². The van der Waals surface area contributed by atoms with Crippen molar-refractivity contribution >= 4 is 10.1 Å². The zero-order valence-corrected chi connectivity index (χ0v) is 8.61. The lowest BCUT2D eigenvalue weighted by Gasteiger charge is -2.04. The highest BCUT2D eigenvalue weighted by atomic mass is 32.2. The highest BCUT2D eigenvalue weighted by Crippen LogP contribution is 2.13. The summed E-state index contributed by atoms with van der Waals surface area (Å²) in [6.07, 6.45) is 2.41. The third-order valence-corrected chi connectivity index (χ3v) is 1.93. The lowest BCUT2D eigenvalue weighted by molar-refractivity contribution is 0.298. The van der Waals surface area contributed by atoms with Crippen LogP contribution in [0.5, 0.6) is 5.88 Å². The molecule has 0 bridgehead atoms. The number of rotatable bonds is 4. The van der Waals surface area contributed by atoms with Crippen molar-refractivity contribution in [2.75, 3.05) is 13.4 Å². The molecule has 0 aliphatic rings. The standard InChI is InChI=1S/C7H10N2O4S/c1-12-7-6(3-4-8-9-7)5-13-14(2,10)11/h3-4H,5H2,1-2H3. The van der Waals surface area contributed by atoms with Crippen LogP contribution in [-0.2, 0) is 20.9 Å². The Balaban J connectivity index is 2.76. The first-order chi connectivity index (χ1) is 6.53. The van der Waals surface area contributed by atoms with E-state index in [0.717, 1.165) is 6.26 Å². The van der Waals surface area contributed by atoms with E-state index in [0.29, 0.717) is 5.56 Å². The molecule has 1 aromatic heterocycles. The molecule has 0 aliphatic heterocycles. The number of nitrogens with zero attached hydrogens (tertiary/aromatic N) is 2. The van der Waals surface area contributed by atoms with Gasteiger partial charge in [0.25, 0.3) is 10.1 Å². The summed E-state index contributed by atoms with van der Waals surface area (Å²) < 4.78 is 30.9. The van der Waals surface area contributed by atoms with E-state index in [1.807, 2.05) is 0 Å². The molecule has 0 amide bonds. The largest absolute Gasteiger partial charge is 0.480 e. The van der Waals surface area contributed by atoms with Crippen molar-refractivity contribution in [2.24, 2.45) is 0 Å². The minimum atomic E-state index is -3.45. The van der Waals surface area contributed by atoms with Crippen molar-refractivity contribution < 1.29 is 17.3 Å². The molecule has 6 nitrogen and oxygen atoms in total. The van der Waals surface area contributed by atoms with Crippen molar-refractivity contribution in [1.29, 1.82) is 0 Å². The molecule has 0 saturated heterocycles. The number of hydrogen-bond donors (Lipinski definition) is 0. The third-order valence-electron chi connectivity index (χ3n) is 1.39. The minimum Gasteiger partial charge on any atom is -0.480 e. The van der Waals surface area contributed by atoms with Crippen LogP contribution in [0.1, 0.15) is 5.56 Å². The Morgan fingerprint density at radius 2 is 2.21 bits per heavy atom. The van der Waals surface area contributed by atoms with Crippen LogP contribution in [0.2, 0.25) is 0 Å². The second-order valence-electron chi connectivity index (χ2n) is 2.53. The maximum Gasteiger partial charge on any atom is 0.264 e. The molecule has 1 aromatic rings. The predicted octanol–water partition coefficient (Wildman–Crippen LogP) is -0.0386. The zero-order chi connectivity index (χ0) is 10.6. The van der Waals surface area contributed by atoms with Gasteiger partial charge in [-0.15, -0.1) is 5.10 Å². The fourth-order valence-electron chi connectivity index (χ4n) is 0.797. The van der Waals surface area contributed by atoms with E-state index in [1.165, 1.54) is 13.3 Å². The molecule has 0 atom stereocenters. The van der Waals surface area contributed by atoms with Gasteiger partial charge in [0.15, 0.2) is 0 Å². The average Bonchev–Trinajstić information content (AvgIpc) is 2.14. The van der Waals surface area contributed by atoms with E-state index in [-0.39, 0.29) is 12.5 Å². The van der Waals surface area contributed by atoms with Gasteiger partial charge in [0.05, 0.1) is 26.2 Å². The Hall–Kier alpha value is -1.21. The lowest BCUT2D eigenvalue weighted by Crippen LogP contribution is -2.05. The van der Waals surface area contributed by atoms with Crippen LogP contribution < -0.4 is 4.74 Å². The molecule has 7 heteroatoms. The molecule has 78 valence electrons. The van der Waals surface area contributed by atoms with Crippen molar-refractivity contribution in [3.8, 4) is 5.88 Å². The van der Waals surface area contributed by atoms with Crippen LogP contribution in [0, 0.1) is 0 Å². The van der Waals surface area contributed by atoms with Crippen LogP contribution in [0.4, 0.5) is 0 Å². The van der Waals surface area contributed by atoms with E-state index in [9.17, 15) is 8.42 Å². The van der Waals surface area contributed by atoms with Crippen LogP contribution in [0.3, 0.4) is 0 Å². The molecule has 0 aliphatic carbocycles. The summed E-state index contributed by atoms with van der Waals surface area (Å²) >= 11 is 0. The van der Waals surface area contributed by atoms with Gasteiger partial charge in [0.2, 0.25) is 5.88 Å². The zero-order valence-electron chi connectivity index (χ0n) is 7.80. The molecular weight excluding hydrogens is 208 g/mol. The number of aromatic nitrogens is 2. The molecule has 14 heavy (non-hydrogen) atoms. The summed E-state index contributed by atoms with van der Waals surface area (Å²) in [6.45, 7) is -0.0997. The van der Waals surface area contributed by atoms with Crippen molar-refractivity contribution in [1.82, 2.24) is 10.2 Å². The van der Waals surface area contributed by atoms with Gasteiger partial charge in [-0.1, -0.05) is 0 Å². The fraction of sp³-hybridized carbons (Fsp3) is 0.429. The molecule has 1 heterocycles. The first-order valence-electron chi connectivity index (χ1n) is 3.72. The van der Waals surface area contributed by atoms with Crippen LogP contribution in [-0.4, -0.2) is 32.0 Å². The maximum absolute atomic E-state index is 10.7. The average molecular weight is 218 g/mol. The van der Waals surface area contributed by atoms with Gasteiger partial charge in [0.1, 0.15) is 0 Å². The van der Waals surface area contributed by atoms with Gasteiger partial charge in [0, 0.05) is 5.56 Å². The monoisotopic (exact) mass is 218 g/mol. The van der Waals surface area contributed by atoms with Gasteiger partial charge in [-0.2, -0.15) is 13.5 Å². The summed E-state index contributed by atoms with van der Waals surface area (Å²) in [5.41, 5.74) is 0.535. The van der Waals surface area contributed by atoms with Crippen molar-refractivity contribution in [3.63, 3.8) is 0 Å². The quantitative estimate of drug-likeness (QED) is 0.660. The summed E-state index contributed by atoms with van der Waals surface area (Å²) in [5, 5.41) is 7.23. The molecule has 1 rings (SSSR count). The first kappa shape index (κ1) is 10.9. The topological polar surface area (TPSA) is 78.4 Å². The van der Waals surface area contributed by atoms with Gasteiger partial charge >= 0.3 is 0 Å². The summed E-state index contributed by atoms with van der Waals surface area (Å²) in [5.74, 6) is 0.260. The summed E-state index contributed by atoms with van der Waals surface area (Å²) in [4.78, 5) is 0. The summed E-state index contributed by atoms with van der Waals surface area (Å²) in [6, 6.07) is 1.58. The lowest BCUT2D eigenvalue weighted by atomic mass is 10.3. The minimum absolute atomic E-state index is 0.0997. The SMILES string of the molecule is COc1nnccc1COS(C)(=O)=O. The molecule has 0 unspecified atom stereocenters. The number of ether oxygens (including phenoxy) is 1. The van der Waals surface area contributed by atoms with Crippen LogP contribution >= 0.6 is 0 Å². The van der Waals surface area contributed by atoms with E-state index < -0.39 is 10.1 Å². The van der Waals surface area contributed by atoms with E-state index in [2.05, 4.69) is 14.4 Å². The molecule has 0 fully saturated rings. The smallest absolute Gasteiger partial charge is 0.264 e. The van der Waals surface area contributed by atoms with Crippen LogP contribution in [0.15, 0.2) is 12.3 Å². The normalized spacial score (nSPS) is 11.3. The van der Waals surface area contributed by atoms with E-state index in [1.54, 1.807) is 6.07 Å². The molecule has 0 spiro atoms. The van der Waals surface area contributed by atoms with Crippen molar-refractivity contribution in [3.05, 3.63) is 17.8 Å². The Kier molecular flexibility index (Phi) is 3.37. The molecule has 0 aromatic carbocycles. The maximum atomic E-state index is 10.7. The Morgan fingerprint density at radius 1 is 1.50 bits per heavy atom. The molecular formula is C7H10N2O4S. The second-order valence-corrected chi connectivity index (χ2v) is 4.18. The Bertz CT molecular complexity index is 404. The van der Waals surface area contributed by atoms with E-state index in [4.69, 9.17) is 4.74 Å². The number of hydrogen-bond acceptors (Lipinski definition) is 6. The predicted molar refractivity (Wildman–Crippen MR) is 48.2 cm³/mol. The molecule has 0 N–H and O–H groups in total.